The maximum absolute atomic E-state index is 12.1. The standard InChI is InChI=1S/C15H22N2O/c1-12-5-8-14(9-6-12)17(2)15(18)10-7-13-4-3-11-16-13/h5-6,8-9,13,16H,3-4,7,10-11H2,1-2H3. The van der Waals surface area contributed by atoms with Crippen molar-refractivity contribution < 1.29 is 4.79 Å². The van der Waals surface area contributed by atoms with Gasteiger partial charge in [-0.15, -0.1) is 0 Å². The molecule has 0 saturated carbocycles. The molecule has 0 aliphatic carbocycles. The Morgan fingerprint density at radius 1 is 1.39 bits per heavy atom. The highest BCUT2D eigenvalue weighted by Crippen LogP contribution is 2.16. The molecule has 0 radical (unpaired) electrons. The lowest BCUT2D eigenvalue weighted by atomic mass is 10.1. The topological polar surface area (TPSA) is 32.3 Å². The lowest BCUT2D eigenvalue weighted by molar-refractivity contribution is -0.118. The lowest BCUT2D eigenvalue weighted by Crippen LogP contribution is -2.29. The highest BCUT2D eigenvalue weighted by molar-refractivity contribution is 5.92. The van der Waals surface area contributed by atoms with E-state index in [1.54, 1.807) is 4.90 Å². The predicted octanol–water partition coefficient (Wildman–Crippen LogP) is 2.49. The van der Waals surface area contributed by atoms with E-state index in [1.165, 1.54) is 18.4 Å². The summed E-state index contributed by atoms with van der Waals surface area (Å²) in [6, 6.07) is 8.62. The van der Waals surface area contributed by atoms with E-state index in [0.29, 0.717) is 12.5 Å². The average Bonchev–Trinajstić information content (AvgIpc) is 2.89. The molecule has 0 spiro atoms. The number of benzene rings is 1. The summed E-state index contributed by atoms with van der Waals surface area (Å²) in [5, 5.41) is 3.43. The van der Waals surface area contributed by atoms with Gasteiger partial charge in [0.1, 0.15) is 0 Å². The number of hydrogen-bond acceptors (Lipinski definition) is 2. The first-order valence-electron chi connectivity index (χ1n) is 6.73. The number of hydrogen-bond donors (Lipinski definition) is 1. The number of amides is 1. The number of carbonyl (C=O) groups excluding carboxylic acids is 1. The van der Waals surface area contributed by atoms with Gasteiger partial charge in [-0.25, -0.2) is 0 Å². The van der Waals surface area contributed by atoms with Gasteiger partial charge in [-0.1, -0.05) is 17.7 Å². The van der Waals surface area contributed by atoms with Crippen LogP contribution >= 0.6 is 0 Å². The van der Waals surface area contributed by atoms with Crippen LogP contribution < -0.4 is 10.2 Å². The van der Waals surface area contributed by atoms with E-state index in [-0.39, 0.29) is 5.91 Å². The maximum Gasteiger partial charge on any atom is 0.226 e. The number of carbonyl (C=O) groups is 1. The number of nitrogens with zero attached hydrogens (tertiary/aromatic N) is 1. The fraction of sp³-hybridized carbons (Fsp3) is 0.533. The van der Waals surface area contributed by atoms with E-state index >= 15 is 0 Å². The van der Waals surface area contributed by atoms with Gasteiger partial charge >= 0.3 is 0 Å². The Morgan fingerprint density at radius 3 is 2.72 bits per heavy atom. The first-order valence-corrected chi connectivity index (χ1v) is 6.73. The molecule has 1 amide bonds. The largest absolute Gasteiger partial charge is 0.316 e. The van der Waals surface area contributed by atoms with Crippen LogP contribution in [-0.2, 0) is 4.79 Å². The molecule has 2 rings (SSSR count). The van der Waals surface area contributed by atoms with Crippen LogP contribution in [0, 0.1) is 6.92 Å². The molecular weight excluding hydrogens is 224 g/mol. The Bertz CT molecular complexity index is 393. The fourth-order valence-corrected chi connectivity index (χ4v) is 2.38. The summed E-state index contributed by atoms with van der Waals surface area (Å²) >= 11 is 0. The zero-order valence-electron chi connectivity index (χ0n) is 11.3. The Morgan fingerprint density at radius 2 is 2.11 bits per heavy atom. The van der Waals surface area contributed by atoms with Crippen molar-refractivity contribution in [3.05, 3.63) is 29.8 Å². The summed E-state index contributed by atoms with van der Waals surface area (Å²) in [5.74, 6) is 0.201. The number of nitrogens with one attached hydrogen (secondary N) is 1. The third-order valence-corrected chi connectivity index (χ3v) is 3.66. The van der Waals surface area contributed by atoms with E-state index < -0.39 is 0 Å². The van der Waals surface area contributed by atoms with Crippen molar-refractivity contribution in [2.24, 2.45) is 0 Å². The molecule has 3 heteroatoms. The number of rotatable bonds is 4. The molecule has 1 unspecified atom stereocenters. The van der Waals surface area contributed by atoms with Gasteiger partial charge in [0, 0.05) is 25.2 Å². The Kier molecular flexibility index (Phi) is 4.37. The minimum Gasteiger partial charge on any atom is -0.316 e. The Labute approximate surface area is 109 Å². The van der Waals surface area contributed by atoms with Crippen LogP contribution in [0.5, 0.6) is 0 Å². The monoisotopic (exact) mass is 246 g/mol. The first-order chi connectivity index (χ1) is 8.66. The highest BCUT2D eigenvalue weighted by atomic mass is 16.2. The van der Waals surface area contributed by atoms with Crippen molar-refractivity contribution in [3.8, 4) is 0 Å². The van der Waals surface area contributed by atoms with Crippen molar-refractivity contribution in [2.75, 3.05) is 18.5 Å². The second-order valence-corrected chi connectivity index (χ2v) is 5.12. The van der Waals surface area contributed by atoms with E-state index in [2.05, 4.69) is 12.2 Å². The van der Waals surface area contributed by atoms with Crippen LogP contribution in [-0.4, -0.2) is 25.5 Å². The Balaban J connectivity index is 1.85. The van der Waals surface area contributed by atoms with Crippen molar-refractivity contribution in [3.63, 3.8) is 0 Å². The maximum atomic E-state index is 12.1. The normalized spacial score (nSPS) is 18.9. The van der Waals surface area contributed by atoms with Gasteiger partial charge in [-0.05, 0) is 44.9 Å². The molecule has 0 aromatic heterocycles. The molecule has 98 valence electrons. The molecule has 3 nitrogen and oxygen atoms in total. The average molecular weight is 246 g/mol. The molecule has 1 saturated heterocycles. The fourth-order valence-electron chi connectivity index (χ4n) is 2.38. The third kappa shape index (κ3) is 3.33. The minimum absolute atomic E-state index is 0.201. The molecule has 1 fully saturated rings. The van der Waals surface area contributed by atoms with Crippen LogP contribution in [0.4, 0.5) is 5.69 Å². The zero-order valence-corrected chi connectivity index (χ0v) is 11.3. The SMILES string of the molecule is Cc1ccc(N(C)C(=O)CCC2CCCN2)cc1. The minimum atomic E-state index is 0.201. The van der Waals surface area contributed by atoms with Gasteiger partial charge in [0.2, 0.25) is 5.91 Å². The predicted molar refractivity (Wildman–Crippen MR) is 74.8 cm³/mol. The van der Waals surface area contributed by atoms with Crippen molar-refractivity contribution in [1.29, 1.82) is 0 Å². The van der Waals surface area contributed by atoms with Gasteiger partial charge in [-0.3, -0.25) is 4.79 Å². The number of aryl methyl sites for hydroxylation is 1. The van der Waals surface area contributed by atoms with Crippen molar-refractivity contribution in [1.82, 2.24) is 5.32 Å². The summed E-state index contributed by atoms with van der Waals surface area (Å²) in [7, 11) is 1.86. The molecule has 1 aliphatic heterocycles. The molecule has 1 aromatic carbocycles. The van der Waals surface area contributed by atoms with Crippen LogP contribution in [0.1, 0.15) is 31.2 Å². The molecule has 18 heavy (non-hydrogen) atoms. The molecule has 1 heterocycles. The van der Waals surface area contributed by atoms with E-state index in [0.717, 1.165) is 18.7 Å². The number of anilines is 1. The van der Waals surface area contributed by atoms with E-state index in [4.69, 9.17) is 0 Å². The van der Waals surface area contributed by atoms with Gasteiger partial charge < -0.3 is 10.2 Å². The quantitative estimate of drug-likeness (QED) is 0.885. The first kappa shape index (κ1) is 13.1. The highest BCUT2D eigenvalue weighted by Gasteiger charge is 2.17. The lowest BCUT2D eigenvalue weighted by Gasteiger charge is -2.18. The molecule has 1 aliphatic rings. The molecule has 0 bridgehead atoms. The van der Waals surface area contributed by atoms with Crippen LogP contribution in [0.3, 0.4) is 0 Å². The van der Waals surface area contributed by atoms with Crippen molar-refractivity contribution in [2.45, 2.75) is 38.6 Å². The van der Waals surface area contributed by atoms with Gasteiger partial charge in [0.05, 0.1) is 0 Å². The zero-order chi connectivity index (χ0) is 13.0. The molecular formula is C15H22N2O. The smallest absolute Gasteiger partial charge is 0.226 e. The summed E-state index contributed by atoms with van der Waals surface area (Å²) in [5.41, 5.74) is 2.19. The summed E-state index contributed by atoms with van der Waals surface area (Å²) in [6.07, 6.45) is 4.03. The van der Waals surface area contributed by atoms with Crippen molar-refractivity contribution >= 4 is 11.6 Å². The molecule has 1 aromatic rings. The molecule has 1 N–H and O–H groups in total. The van der Waals surface area contributed by atoms with Crippen LogP contribution in [0.15, 0.2) is 24.3 Å². The molecule has 1 atom stereocenters. The van der Waals surface area contributed by atoms with Gasteiger partial charge in [-0.2, -0.15) is 0 Å². The van der Waals surface area contributed by atoms with Gasteiger partial charge in [0.15, 0.2) is 0 Å². The Hall–Kier alpha value is -1.35. The third-order valence-electron chi connectivity index (χ3n) is 3.66. The van der Waals surface area contributed by atoms with E-state index in [9.17, 15) is 4.79 Å². The van der Waals surface area contributed by atoms with Crippen LogP contribution in [0.2, 0.25) is 0 Å². The second kappa shape index (κ2) is 6.01. The second-order valence-electron chi connectivity index (χ2n) is 5.12. The summed E-state index contributed by atoms with van der Waals surface area (Å²) < 4.78 is 0. The summed E-state index contributed by atoms with van der Waals surface area (Å²) in [4.78, 5) is 13.8. The van der Waals surface area contributed by atoms with E-state index in [1.807, 2.05) is 31.3 Å². The summed E-state index contributed by atoms with van der Waals surface area (Å²) in [6.45, 7) is 3.16. The van der Waals surface area contributed by atoms with Gasteiger partial charge in [0.25, 0.3) is 0 Å². The van der Waals surface area contributed by atoms with Crippen LogP contribution in [0.25, 0.3) is 0 Å².